The Hall–Kier alpha value is -2.30. The lowest BCUT2D eigenvalue weighted by atomic mass is 9.95. The second-order valence-electron chi connectivity index (χ2n) is 5.78. The molecule has 0 aliphatic heterocycles. The quantitative estimate of drug-likeness (QED) is 0.748. The van der Waals surface area contributed by atoms with Crippen LogP contribution in [0.4, 0.5) is 0 Å². The molecule has 124 valence electrons. The van der Waals surface area contributed by atoms with Crippen LogP contribution in [0.1, 0.15) is 23.0 Å². The van der Waals surface area contributed by atoms with Crippen LogP contribution in [-0.4, -0.2) is 19.6 Å². The van der Waals surface area contributed by atoms with Gasteiger partial charge in [-0.2, -0.15) is 0 Å². The van der Waals surface area contributed by atoms with Gasteiger partial charge in [0.25, 0.3) is 5.91 Å². The Morgan fingerprint density at radius 2 is 2.00 bits per heavy atom. The number of carbonyl (C=O) groups is 1. The van der Waals surface area contributed by atoms with Crippen molar-refractivity contribution < 1.29 is 13.9 Å². The van der Waals surface area contributed by atoms with Crippen LogP contribution in [0.2, 0.25) is 5.02 Å². The van der Waals surface area contributed by atoms with Crippen molar-refractivity contribution in [2.75, 3.05) is 13.7 Å². The normalized spacial score (nSPS) is 13.6. The van der Waals surface area contributed by atoms with E-state index in [2.05, 4.69) is 5.32 Å². The first-order valence-corrected chi connectivity index (χ1v) is 7.97. The van der Waals surface area contributed by atoms with E-state index >= 15 is 0 Å². The SMILES string of the molecule is CO[C@](C)(CNC(=O)c1cc2ccccc2o1)c1cccc(Cl)c1. The summed E-state index contributed by atoms with van der Waals surface area (Å²) in [4.78, 5) is 12.4. The molecule has 24 heavy (non-hydrogen) atoms. The predicted octanol–water partition coefficient (Wildman–Crippen LogP) is 4.38. The topological polar surface area (TPSA) is 51.5 Å². The lowest BCUT2D eigenvalue weighted by molar-refractivity contribution is 0.00296. The van der Waals surface area contributed by atoms with Gasteiger partial charge in [-0.15, -0.1) is 0 Å². The van der Waals surface area contributed by atoms with Crippen LogP contribution in [0.5, 0.6) is 0 Å². The molecule has 0 spiro atoms. The molecule has 0 aliphatic rings. The highest BCUT2D eigenvalue weighted by Gasteiger charge is 2.28. The van der Waals surface area contributed by atoms with Gasteiger partial charge in [0, 0.05) is 17.5 Å². The highest BCUT2D eigenvalue weighted by atomic mass is 35.5. The van der Waals surface area contributed by atoms with Gasteiger partial charge in [0.1, 0.15) is 11.2 Å². The molecule has 0 radical (unpaired) electrons. The van der Waals surface area contributed by atoms with E-state index in [1.54, 1.807) is 19.2 Å². The molecular formula is C19H18ClNO3. The van der Waals surface area contributed by atoms with Gasteiger partial charge < -0.3 is 14.5 Å². The second-order valence-corrected chi connectivity index (χ2v) is 6.21. The van der Waals surface area contributed by atoms with E-state index in [1.807, 2.05) is 49.4 Å². The van der Waals surface area contributed by atoms with Gasteiger partial charge in [-0.1, -0.05) is 41.9 Å². The minimum Gasteiger partial charge on any atom is -0.451 e. The molecule has 0 fully saturated rings. The van der Waals surface area contributed by atoms with E-state index < -0.39 is 5.60 Å². The molecule has 5 heteroatoms. The molecule has 2 aromatic carbocycles. The van der Waals surface area contributed by atoms with E-state index in [4.69, 9.17) is 20.8 Å². The number of fused-ring (bicyclic) bond motifs is 1. The van der Waals surface area contributed by atoms with Crippen molar-refractivity contribution in [3.8, 4) is 0 Å². The molecule has 1 heterocycles. The molecule has 3 rings (SSSR count). The molecule has 0 unspecified atom stereocenters. The van der Waals surface area contributed by atoms with Gasteiger partial charge in [0.15, 0.2) is 5.76 Å². The van der Waals surface area contributed by atoms with Crippen LogP contribution in [0.15, 0.2) is 59.0 Å². The number of para-hydroxylation sites is 1. The predicted molar refractivity (Wildman–Crippen MR) is 94.4 cm³/mol. The van der Waals surface area contributed by atoms with Crippen molar-refractivity contribution in [1.82, 2.24) is 5.32 Å². The maximum absolute atomic E-state index is 12.4. The third-order valence-corrected chi connectivity index (χ3v) is 4.36. The molecule has 1 N–H and O–H groups in total. The largest absolute Gasteiger partial charge is 0.451 e. The monoisotopic (exact) mass is 343 g/mol. The molecule has 0 saturated heterocycles. The van der Waals surface area contributed by atoms with Crippen molar-refractivity contribution in [1.29, 1.82) is 0 Å². The van der Waals surface area contributed by atoms with Gasteiger partial charge in [0.2, 0.25) is 0 Å². The van der Waals surface area contributed by atoms with Crippen LogP contribution in [0.3, 0.4) is 0 Å². The number of benzene rings is 2. The van der Waals surface area contributed by atoms with Crippen molar-refractivity contribution in [2.24, 2.45) is 0 Å². The molecule has 0 aliphatic carbocycles. The first kappa shape index (κ1) is 16.6. The molecular weight excluding hydrogens is 326 g/mol. The Bertz CT molecular complexity index is 841. The van der Waals surface area contributed by atoms with Crippen LogP contribution in [0.25, 0.3) is 11.0 Å². The standard InChI is InChI=1S/C19H18ClNO3/c1-19(23-2,14-7-5-8-15(20)11-14)12-21-18(22)17-10-13-6-3-4-9-16(13)24-17/h3-11H,12H2,1-2H3,(H,21,22)/t19-/m1/s1. The van der Waals surface area contributed by atoms with Crippen molar-refractivity contribution in [3.63, 3.8) is 0 Å². The molecule has 1 aromatic heterocycles. The second kappa shape index (κ2) is 6.67. The number of amides is 1. The van der Waals surface area contributed by atoms with Gasteiger partial charge in [-0.3, -0.25) is 4.79 Å². The maximum Gasteiger partial charge on any atom is 0.287 e. The van der Waals surface area contributed by atoms with Crippen LogP contribution in [0, 0.1) is 0 Å². The summed E-state index contributed by atoms with van der Waals surface area (Å²) < 4.78 is 11.2. The number of nitrogens with one attached hydrogen (secondary N) is 1. The Morgan fingerprint density at radius 3 is 2.71 bits per heavy atom. The number of methoxy groups -OCH3 is 1. The number of furan rings is 1. The number of hydrogen-bond acceptors (Lipinski definition) is 3. The molecule has 3 aromatic rings. The fourth-order valence-corrected chi connectivity index (χ4v) is 2.73. The minimum atomic E-state index is -0.688. The first-order valence-electron chi connectivity index (χ1n) is 7.60. The van der Waals surface area contributed by atoms with E-state index in [0.29, 0.717) is 17.2 Å². The number of carbonyl (C=O) groups excluding carboxylic acids is 1. The number of halogens is 1. The first-order chi connectivity index (χ1) is 11.5. The Kier molecular flexibility index (Phi) is 4.60. The van der Waals surface area contributed by atoms with Gasteiger partial charge in [-0.25, -0.2) is 0 Å². The van der Waals surface area contributed by atoms with Crippen LogP contribution in [-0.2, 0) is 10.3 Å². The number of ether oxygens (including phenoxy) is 1. The molecule has 1 atom stereocenters. The van der Waals surface area contributed by atoms with E-state index in [9.17, 15) is 4.79 Å². The fraction of sp³-hybridized carbons (Fsp3) is 0.211. The summed E-state index contributed by atoms with van der Waals surface area (Å²) in [6.45, 7) is 2.19. The molecule has 1 amide bonds. The minimum absolute atomic E-state index is 0.278. The summed E-state index contributed by atoms with van der Waals surface area (Å²) >= 11 is 6.05. The zero-order valence-electron chi connectivity index (χ0n) is 13.5. The zero-order chi connectivity index (χ0) is 17.2. The zero-order valence-corrected chi connectivity index (χ0v) is 14.3. The van der Waals surface area contributed by atoms with Crippen molar-refractivity contribution >= 4 is 28.5 Å². The average molecular weight is 344 g/mol. The smallest absolute Gasteiger partial charge is 0.287 e. The molecule has 4 nitrogen and oxygen atoms in total. The third kappa shape index (κ3) is 3.30. The van der Waals surface area contributed by atoms with Crippen molar-refractivity contribution in [3.05, 3.63) is 70.9 Å². The summed E-state index contributed by atoms with van der Waals surface area (Å²) in [5.74, 6) is -0.00255. The van der Waals surface area contributed by atoms with Gasteiger partial charge in [-0.05, 0) is 36.8 Å². The van der Waals surface area contributed by atoms with E-state index in [0.717, 1.165) is 10.9 Å². The lowest BCUT2D eigenvalue weighted by Crippen LogP contribution is -2.40. The highest BCUT2D eigenvalue weighted by molar-refractivity contribution is 6.30. The summed E-state index contributed by atoms with van der Waals surface area (Å²) in [6, 6.07) is 16.6. The van der Waals surface area contributed by atoms with Crippen molar-refractivity contribution in [2.45, 2.75) is 12.5 Å². The molecule has 0 saturated carbocycles. The summed E-state index contributed by atoms with van der Waals surface area (Å²) in [7, 11) is 1.61. The Balaban J connectivity index is 1.76. The number of hydrogen-bond donors (Lipinski definition) is 1. The van der Waals surface area contributed by atoms with Crippen LogP contribution >= 0.6 is 11.6 Å². The Morgan fingerprint density at radius 1 is 1.21 bits per heavy atom. The summed E-state index contributed by atoms with van der Waals surface area (Å²) in [5, 5.41) is 4.39. The highest BCUT2D eigenvalue weighted by Crippen LogP contribution is 2.26. The van der Waals surface area contributed by atoms with Gasteiger partial charge in [0.05, 0.1) is 6.54 Å². The summed E-state index contributed by atoms with van der Waals surface area (Å²) in [5.41, 5.74) is 0.890. The summed E-state index contributed by atoms with van der Waals surface area (Å²) in [6.07, 6.45) is 0. The Labute approximate surface area is 145 Å². The van der Waals surface area contributed by atoms with Crippen LogP contribution < -0.4 is 5.32 Å². The van der Waals surface area contributed by atoms with Gasteiger partial charge >= 0.3 is 0 Å². The van der Waals surface area contributed by atoms with E-state index in [1.165, 1.54) is 0 Å². The maximum atomic E-state index is 12.4. The third-order valence-electron chi connectivity index (χ3n) is 4.12. The lowest BCUT2D eigenvalue weighted by Gasteiger charge is -2.29. The number of rotatable bonds is 5. The van der Waals surface area contributed by atoms with E-state index in [-0.39, 0.29) is 11.7 Å². The average Bonchev–Trinajstić information content (AvgIpc) is 3.03. The fourth-order valence-electron chi connectivity index (χ4n) is 2.54. The molecule has 0 bridgehead atoms.